The van der Waals surface area contributed by atoms with Gasteiger partial charge in [0.15, 0.2) is 0 Å². The fraction of sp³-hybridized carbons (Fsp3) is 0.350. The number of rotatable bonds is 6. The summed E-state index contributed by atoms with van der Waals surface area (Å²) in [7, 11) is 1.63. The molecule has 0 N–H and O–H groups in total. The number of aryl methyl sites for hydroxylation is 2. The van der Waals surface area contributed by atoms with Gasteiger partial charge in [-0.15, -0.1) is 11.3 Å². The van der Waals surface area contributed by atoms with Gasteiger partial charge in [0.1, 0.15) is 22.2 Å². The molecule has 5 nitrogen and oxygen atoms in total. The molecule has 2 aromatic heterocycles. The van der Waals surface area contributed by atoms with Crippen molar-refractivity contribution in [3.63, 3.8) is 0 Å². The van der Waals surface area contributed by atoms with E-state index in [1.165, 1.54) is 0 Å². The monoisotopic (exact) mass is 370 g/mol. The number of hydrogen-bond acceptors (Lipinski definition) is 5. The van der Waals surface area contributed by atoms with Crippen LogP contribution >= 0.6 is 11.3 Å². The Labute approximate surface area is 156 Å². The highest BCUT2D eigenvalue weighted by molar-refractivity contribution is 7.18. The van der Waals surface area contributed by atoms with Crippen LogP contribution in [-0.4, -0.2) is 22.4 Å². The van der Waals surface area contributed by atoms with Crippen molar-refractivity contribution in [2.75, 3.05) is 7.11 Å². The first kappa shape index (κ1) is 18.3. The van der Waals surface area contributed by atoms with Crippen LogP contribution in [0.15, 0.2) is 29.1 Å². The van der Waals surface area contributed by atoms with Gasteiger partial charge in [0.05, 0.1) is 12.5 Å². The van der Waals surface area contributed by atoms with Crippen LogP contribution in [0, 0.1) is 13.8 Å². The van der Waals surface area contributed by atoms with Gasteiger partial charge in [-0.3, -0.25) is 14.2 Å². The van der Waals surface area contributed by atoms with Crippen molar-refractivity contribution >= 4 is 27.3 Å². The number of hydrogen-bond donors (Lipinski definition) is 0. The first-order valence-electron chi connectivity index (χ1n) is 8.52. The average molecular weight is 370 g/mol. The molecule has 0 fully saturated rings. The van der Waals surface area contributed by atoms with Crippen molar-refractivity contribution in [2.45, 2.75) is 40.2 Å². The molecule has 0 amide bonds. The Morgan fingerprint density at radius 1 is 1.23 bits per heavy atom. The highest BCUT2D eigenvalue weighted by Crippen LogP contribution is 2.27. The van der Waals surface area contributed by atoms with E-state index >= 15 is 0 Å². The third kappa shape index (κ3) is 3.55. The lowest BCUT2D eigenvalue weighted by atomic mass is 10.1. The number of aromatic nitrogens is 2. The second kappa shape index (κ2) is 7.41. The molecule has 26 heavy (non-hydrogen) atoms. The van der Waals surface area contributed by atoms with Gasteiger partial charge in [-0.05, 0) is 44.0 Å². The highest BCUT2D eigenvalue weighted by atomic mass is 32.1. The zero-order valence-corrected chi connectivity index (χ0v) is 16.3. The molecule has 0 spiro atoms. The molecule has 0 atom stereocenters. The van der Waals surface area contributed by atoms with Crippen LogP contribution in [0.3, 0.4) is 0 Å². The molecule has 0 radical (unpaired) electrons. The van der Waals surface area contributed by atoms with E-state index in [-0.39, 0.29) is 11.3 Å². The molecule has 0 saturated carbocycles. The van der Waals surface area contributed by atoms with E-state index in [1.807, 2.05) is 38.1 Å². The summed E-state index contributed by atoms with van der Waals surface area (Å²) in [5, 5.41) is 0.675. The second-order valence-electron chi connectivity index (χ2n) is 6.43. The van der Waals surface area contributed by atoms with Gasteiger partial charge in [0.25, 0.3) is 5.56 Å². The lowest BCUT2D eigenvalue weighted by Crippen LogP contribution is -2.26. The van der Waals surface area contributed by atoms with E-state index in [2.05, 4.69) is 0 Å². The summed E-state index contributed by atoms with van der Waals surface area (Å²) in [6.45, 7) is 5.86. The van der Waals surface area contributed by atoms with Gasteiger partial charge in [0.2, 0.25) is 0 Å². The minimum absolute atomic E-state index is 0.0541. The molecule has 0 aliphatic rings. The molecular formula is C20H22N2O3S. The summed E-state index contributed by atoms with van der Waals surface area (Å²) in [5.41, 5.74) is 1.97. The number of ether oxygens (including phenoxy) is 1. The zero-order valence-electron chi connectivity index (χ0n) is 15.5. The molecule has 0 bridgehead atoms. The third-order valence-electron chi connectivity index (χ3n) is 4.58. The number of methoxy groups -OCH3 is 1. The van der Waals surface area contributed by atoms with Crippen molar-refractivity contribution < 1.29 is 9.53 Å². The average Bonchev–Trinajstić information content (AvgIpc) is 2.89. The van der Waals surface area contributed by atoms with Gasteiger partial charge >= 0.3 is 0 Å². The van der Waals surface area contributed by atoms with E-state index in [9.17, 15) is 9.59 Å². The van der Waals surface area contributed by atoms with Crippen molar-refractivity contribution in [1.82, 2.24) is 9.55 Å². The third-order valence-corrected chi connectivity index (χ3v) is 5.68. The Hall–Kier alpha value is -2.47. The van der Waals surface area contributed by atoms with Crippen LogP contribution in [-0.2, 0) is 17.8 Å². The smallest absolute Gasteiger partial charge is 0.262 e. The molecule has 0 aliphatic carbocycles. The maximum atomic E-state index is 13.1. The molecule has 3 aromatic rings. The molecule has 0 unspecified atom stereocenters. The Balaban J connectivity index is 2.09. The van der Waals surface area contributed by atoms with Crippen molar-refractivity contribution in [1.29, 1.82) is 0 Å². The van der Waals surface area contributed by atoms with Gasteiger partial charge in [-0.1, -0.05) is 12.1 Å². The predicted molar refractivity (Wildman–Crippen MR) is 104 cm³/mol. The van der Waals surface area contributed by atoms with Crippen LogP contribution in [0.2, 0.25) is 0 Å². The Morgan fingerprint density at radius 2 is 1.92 bits per heavy atom. The van der Waals surface area contributed by atoms with Crippen LogP contribution in [0.25, 0.3) is 10.2 Å². The Bertz CT molecular complexity index is 1020. The SMILES string of the molecule is COc1ccc(Cc2nc3sc(C)c(C)c3c(=O)n2CCC(C)=O)cc1. The summed E-state index contributed by atoms with van der Waals surface area (Å²) in [5.74, 6) is 1.54. The standard InChI is InChI=1S/C20H22N2O3S/c1-12(23)9-10-22-17(11-15-5-7-16(25-4)8-6-15)21-19-18(20(22)24)13(2)14(3)26-19/h5-8H,9-11H2,1-4H3. The molecule has 2 heterocycles. The number of benzene rings is 1. The molecule has 1 aromatic carbocycles. The van der Waals surface area contributed by atoms with Gasteiger partial charge < -0.3 is 4.74 Å². The van der Waals surface area contributed by atoms with Gasteiger partial charge in [0, 0.05) is 24.3 Å². The molecular weight excluding hydrogens is 348 g/mol. The number of thiophene rings is 1. The quantitative estimate of drug-likeness (QED) is 0.664. The van der Waals surface area contributed by atoms with E-state index in [4.69, 9.17) is 9.72 Å². The number of nitrogens with zero attached hydrogens (tertiary/aromatic N) is 2. The molecule has 6 heteroatoms. The Kier molecular flexibility index (Phi) is 5.23. The van der Waals surface area contributed by atoms with E-state index in [0.717, 1.165) is 26.6 Å². The van der Waals surface area contributed by atoms with Crippen molar-refractivity contribution in [3.8, 4) is 5.75 Å². The lowest BCUT2D eigenvalue weighted by molar-refractivity contribution is -0.117. The molecule has 0 aliphatic heterocycles. The van der Waals surface area contributed by atoms with Crippen LogP contribution in [0.4, 0.5) is 0 Å². The predicted octanol–water partition coefficient (Wildman–Crippen LogP) is 3.65. The number of fused-ring (bicyclic) bond motifs is 1. The van der Waals surface area contributed by atoms with Gasteiger partial charge in [-0.25, -0.2) is 4.98 Å². The van der Waals surface area contributed by atoms with E-state index < -0.39 is 0 Å². The molecule has 0 saturated heterocycles. The molecule has 136 valence electrons. The lowest BCUT2D eigenvalue weighted by Gasteiger charge is -2.12. The van der Waals surface area contributed by atoms with E-state index in [1.54, 1.807) is 29.9 Å². The zero-order chi connectivity index (χ0) is 18.8. The minimum atomic E-state index is -0.0541. The highest BCUT2D eigenvalue weighted by Gasteiger charge is 2.17. The number of ketones is 1. The van der Waals surface area contributed by atoms with Crippen molar-refractivity contribution in [2.24, 2.45) is 0 Å². The summed E-state index contributed by atoms with van der Waals surface area (Å²) >= 11 is 1.55. The van der Waals surface area contributed by atoms with Crippen molar-refractivity contribution in [3.05, 3.63) is 56.4 Å². The van der Waals surface area contributed by atoms with Crippen LogP contribution in [0.1, 0.15) is 35.2 Å². The number of carbonyl (C=O) groups excluding carboxylic acids is 1. The van der Waals surface area contributed by atoms with Gasteiger partial charge in [-0.2, -0.15) is 0 Å². The topological polar surface area (TPSA) is 61.2 Å². The summed E-state index contributed by atoms with van der Waals surface area (Å²) in [6.07, 6.45) is 0.855. The fourth-order valence-corrected chi connectivity index (χ4v) is 3.97. The largest absolute Gasteiger partial charge is 0.497 e. The first-order chi connectivity index (χ1) is 12.4. The van der Waals surface area contributed by atoms with E-state index in [0.29, 0.717) is 30.6 Å². The summed E-state index contributed by atoms with van der Waals surface area (Å²) in [4.78, 5) is 31.2. The minimum Gasteiger partial charge on any atom is -0.497 e. The maximum Gasteiger partial charge on any atom is 0.262 e. The number of carbonyl (C=O) groups is 1. The van der Waals surface area contributed by atoms with Crippen LogP contribution < -0.4 is 10.3 Å². The van der Waals surface area contributed by atoms with Crippen LogP contribution in [0.5, 0.6) is 5.75 Å². The maximum absolute atomic E-state index is 13.1. The normalized spacial score (nSPS) is 11.1. The molecule has 3 rings (SSSR count). The second-order valence-corrected chi connectivity index (χ2v) is 7.63. The summed E-state index contributed by atoms with van der Waals surface area (Å²) < 4.78 is 6.85. The first-order valence-corrected chi connectivity index (χ1v) is 9.34. The Morgan fingerprint density at radius 3 is 2.54 bits per heavy atom. The number of Topliss-reactive ketones (excluding diaryl/α,β-unsaturated/α-hetero) is 1. The summed E-state index contributed by atoms with van der Waals surface area (Å²) in [6, 6.07) is 7.72. The fourth-order valence-electron chi connectivity index (χ4n) is 2.93.